The van der Waals surface area contributed by atoms with Gasteiger partial charge in [-0.05, 0) is 18.1 Å². The first-order valence-electron chi connectivity index (χ1n) is 8.07. The van der Waals surface area contributed by atoms with Crippen molar-refractivity contribution in [2.75, 3.05) is 18.9 Å². The lowest BCUT2D eigenvalue weighted by atomic mass is 10.2. The van der Waals surface area contributed by atoms with Crippen LogP contribution >= 0.6 is 11.8 Å². The van der Waals surface area contributed by atoms with Crippen LogP contribution in [0.1, 0.15) is 13.8 Å². The summed E-state index contributed by atoms with van der Waals surface area (Å²) in [5, 5.41) is 1.04. The normalized spacial score (nSPS) is 14.4. The first-order valence-corrected chi connectivity index (χ1v) is 9.05. The number of hydrogen-bond acceptors (Lipinski definition) is 6. The zero-order valence-corrected chi connectivity index (χ0v) is 14.9. The molecule has 0 bridgehead atoms. The third kappa shape index (κ3) is 3.68. The lowest BCUT2D eigenvalue weighted by molar-refractivity contribution is -0.125. The van der Waals surface area contributed by atoms with Crippen molar-refractivity contribution in [2.45, 2.75) is 25.5 Å². The Morgan fingerprint density at radius 3 is 2.76 bits per heavy atom. The standard InChI is InChI=1S/C17H19N3O4S/c1-11(2)9-20-15(22)12-5-3-4-6-13(12)18-16(20)25-10-14(21)19-7-8-24-17(19)23/h3-6,11H,7-10H2,1-2H3. The summed E-state index contributed by atoms with van der Waals surface area (Å²) in [7, 11) is 0. The molecule has 2 heterocycles. The van der Waals surface area contributed by atoms with E-state index in [1.54, 1.807) is 22.8 Å². The van der Waals surface area contributed by atoms with E-state index in [1.165, 1.54) is 11.8 Å². The largest absolute Gasteiger partial charge is 0.447 e. The van der Waals surface area contributed by atoms with E-state index in [1.807, 2.05) is 19.9 Å². The summed E-state index contributed by atoms with van der Waals surface area (Å²) in [5.74, 6) is -0.0619. The molecule has 3 rings (SSSR count). The number of benzene rings is 1. The number of thioether (sulfide) groups is 1. The van der Waals surface area contributed by atoms with Crippen LogP contribution in [-0.4, -0.2) is 45.4 Å². The Morgan fingerprint density at radius 2 is 2.08 bits per heavy atom. The van der Waals surface area contributed by atoms with E-state index in [0.717, 1.165) is 4.90 Å². The Labute approximate surface area is 149 Å². The molecule has 7 nitrogen and oxygen atoms in total. The molecule has 0 atom stereocenters. The predicted octanol–water partition coefficient (Wildman–Crippen LogP) is 2.12. The van der Waals surface area contributed by atoms with Gasteiger partial charge in [-0.2, -0.15) is 0 Å². The van der Waals surface area contributed by atoms with Gasteiger partial charge in [-0.25, -0.2) is 14.7 Å². The first-order chi connectivity index (χ1) is 12.0. The van der Waals surface area contributed by atoms with Crippen molar-refractivity contribution < 1.29 is 14.3 Å². The SMILES string of the molecule is CC(C)Cn1c(SCC(=O)N2CCOC2=O)nc2ccccc2c1=O. The fraction of sp³-hybridized carbons (Fsp3) is 0.412. The minimum absolute atomic E-state index is 0.0258. The number of carbonyl (C=O) groups excluding carboxylic acids is 2. The van der Waals surface area contributed by atoms with E-state index in [-0.39, 0.29) is 36.3 Å². The molecule has 0 N–H and O–H groups in total. The van der Waals surface area contributed by atoms with Crippen LogP contribution in [0.15, 0.2) is 34.2 Å². The van der Waals surface area contributed by atoms with Crippen LogP contribution in [0.2, 0.25) is 0 Å². The predicted molar refractivity (Wildman–Crippen MR) is 94.6 cm³/mol. The average Bonchev–Trinajstić information content (AvgIpc) is 3.01. The van der Waals surface area contributed by atoms with Crippen LogP contribution in [0.3, 0.4) is 0 Å². The average molecular weight is 361 g/mol. The summed E-state index contributed by atoms with van der Waals surface area (Å²) < 4.78 is 6.38. The third-order valence-corrected chi connectivity index (χ3v) is 4.72. The van der Waals surface area contributed by atoms with Gasteiger partial charge in [0.25, 0.3) is 5.56 Å². The Hall–Kier alpha value is -2.35. The summed E-state index contributed by atoms with van der Waals surface area (Å²) >= 11 is 1.17. The van der Waals surface area contributed by atoms with Crippen LogP contribution in [0.25, 0.3) is 10.9 Å². The number of rotatable bonds is 5. The van der Waals surface area contributed by atoms with Gasteiger partial charge in [0.15, 0.2) is 5.16 Å². The molecule has 1 saturated heterocycles. The van der Waals surface area contributed by atoms with Crippen LogP contribution in [-0.2, 0) is 16.1 Å². The fourth-order valence-electron chi connectivity index (χ4n) is 2.61. The Morgan fingerprint density at radius 1 is 1.32 bits per heavy atom. The van der Waals surface area contributed by atoms with Gasteiger partial charge in [0.05, 0.1) is 23.2 Å². The number of nitrogens with zero attached hydrogens (tertiary/aromatic N) is 3. The lowest BCUT2D eigenvalue weighted by Crippen LogP contribution is -2.33. The quantitative estimate of drug-likeness (QED) is 0.599. The summed E-state index contributed by atoms with van der Waals surface area (Å²) in [6.07, 6.45) is -0.614. The summed E-state index contributed by atoms with van der Waals surface area (Å²) in [5.41, 5.74) is 0.484. The molecule has 0 aliphatic carbocycles. The number of cyclic esters (lactones) is 1. The number of ether oxygens (including phenoxy) is 1. The number of fused-ring (bicyclic) bond motifs is 1. The highest BCUT2D eigenvalue weighted by Crippen LogP contribution is 2.20. The molecule has 0 spiro atoms. The zero-order chi connectivity index (χ0) is 18.0. The molecule has 1 aromatic heterocycles. The summed E-state index contributed by atoms with van der Waals surface area (Å²) in [4.78, 5) is 42.1. The van der Waals surface area contributed by atoms with Crippen molar-refractivity contribution in [3.63, 3.8) is 0 Å². The fourth-order valence-corrected chi connectivity index (χ4v) is 3.49. The van der Waals surface area contributed by atoms with Gasteiger partial charge in [-0.3, -0.25) is 14.2 Å². The Bertz CT molecular complexity index is 878. The monoisotopic (exact) mass is 361 g/mol. The Kier molecular flexibility index (Phi) is 5.08. The first kappa shape index (κ1) is 17.5. The van der Waals surface area contributed by atoms with Gasteiger partial charge in [0.2, 0.25) is 5.91 Å². The molecule has 2 amide bonds. The van der Waals surface area contributed by atoms with Gasteiger partial charge in [-0.15, -0.1) is 0 Å². The number of amides is 2. The van der Waals surface area contributed by atoms with Gasteiger partial charge < -0.3 is 4.74 Å². The third-order valence-electron chi connectivity index (χ3n) is 3.76. The highest BCUT2D eigenvalue weighted by Gasteiger charge is 2.28. The molecule has 25 heavy (non-hydrogen) atoms. The van der Waals surface area contributed by atoms with Gasteiger partial charge >= 0.3 is 6.09 Å². The van der Waals surface area contributed by atoms with Crippen molar-refractivity contribution in [1.29, 1.82) is 0 Å². The van der Waals surface area contributed by atoms with E-state index in [2.05, 4.69) is 4.98 Å². The second-order valence-electron chi connectivity index (χ2n) is 6.17. The van der Waals surface area contributed by atoms with Gasteiger partial charge in [0, 0.05) is 6.54 Å². The van der Waals surface area contributed by atoms with Gasteiger partial charge in [-0.1, -0.05) is 37.7 Å². The van der Waals surface area contributed by atoms with Crippen LogP contribution in [0.5, 0.6) is 0 Å². The topological polar surface area (TPSA) is 81.5 Å². The highest BCUT2D eigenvalue weighted by atomic mass is 32.2. The summed E-state index contributed by atoms with van der Waals surface area (Å²) in [6.45, 7) is 5.03. The molecule has 2 aromatic rings. The minimum Gasteiger partial charge on any atom is -0.447 e. The van der Waals surface area contributed by atoms with E-state index in [4.69, 9.17) is 4.74 Å². The second-order valence-corrected chi connectivity index (χ2v) is 7.11. The molecule has 1 aliphatic heterocycles. The maximum absolute atomic E-state index is 12.8. The molecule has 1 fully saturated rings. The van der Waals surface area contributed by atoms with Crippen molar-refractivity contribution in [1.82, 2.24) is 14.5 Å². The molecule has 8 heteroatoms. The van der Waals surface area contributed by atoms with Crippen LogP contribution in [0, 0.1) is 5.92 Å². The van der Waals surface area contributed by atoms with Crippen molar-refractivity contribution in [3.05, 3.63) is 34.6 Å². The number of imide groups is 1. The maximum Gasteiger partial charge on any atom is 0.416 e. The molecular weight excluding hydrogens is 342 g/mol. The van der Waals surface area contributed by atoms with Gasteiger partial charge in [0.1, 0.15) is 6.61 Å². The maximum atomic E-state index is 12.8. The molecule has 132 valence electrons. The number of hydrogen-bond donors (Lipinski definition) is 0. The Balaban J connectivity index is 1.90. The van der Waals surface area contributed by atoms with E-state index < -0.39 is 6.09 Å². The van der Waals surface area contributed by atoms with Crippen LogP contribution < -0.4 is 5.56 Å². The number of aromatic nitrogens is 2. The van der Waals surface area contributed by atoms with Crippen molar-refractivity contribution in [2.24, 2.45) is 5.92 Å². The minimum atomic E-state index is -0.614. The van der Waals surface area contributed by atoms with Crippen LogP contribution in [0.4, 0.5) is 4.79 Å². The number of carbonyl (C=O) groups is 2. The van der Waals surface area contributed by atoms with E-state index in [9.17, 15) is 14.4 Å². The summed E-state index contributed by atoms with van der Waals surface area (Å²) in [6, 6.07) is 7.16. The molecule has 0 saturated carbocycles. The lowest BCUT2D eigenvalue weighted by Gasteiger charge is -2.15. The molecular formula is C17H19N3O4S. The van der Waals surface area contributed by atoms with E-state index in [0.29, 0.717) is 22.6 Å². The highest BCUT2D eigenvalue weighted by molar-refractivity contribution is 7.99. The molecule has 1 aliphatic rings. The number of para-hydroxylation sites is 1. The van der Waals surface area contributed by atoms with Crippen molar-refractivity contribution >= 4 is 34.7 Å². The molecule has 0 radical (unpaired) electrons. The molecule has 0 unspecified atom stereocenters. The zero-order valence-electron chi connectivity index (χ0n) is 14.1. The molecule has 1 aromatic carbocycles. The van der Waals surface area contributed by atoms with Crippen molar-refractivity contribution in [3.8, 4) is 0 Å². The second kappa shape index (κ2) is 7.26. The smallest absolute Gasteiger partial charge is 0.416 e. The van der Waals surface area contributed by atoms with E-state index >= 15 is 0 Å².